The van der Waals surface area contributed by atoms with Gasteiger partial charge in [0.2, 0.25) is 0 Å². The van der Waals surface area contributed by atoms with Crippen molar-refractivity contribution in [2.24, 2.45) is 0 Å². The van der Waals surface area contributed by atoms with Gasteiger partial charge in [0.15, 0.2) is 5.78 Å². The van der Waals surface area contributed by atoms with E-state index in [1.807, 2.05) is 30.3 Å². The summed E-state index contributed by atoms with van der Waals surface area (Å²) in [5.74, 6) is 0.673. The molecule has 4 nitrogen and oxygen atoms in total. The number of aromatic nitrogens is 2. The van der Waals surface area contributed by atoms with Crippen LogP contribution in [0, 0.1) is 0 Å². The van der Waals surface area contributed by atoms with Gasteiger partial charge < -0.3 is 4.74 Å². The van der Waals surface area contributed by atoms with E-state index in [1.54, 1.807) is 48.5 Å². The molecule has 0 amide bonds. The highest BCUT2D eigenvalue weighted by Crippen LogP contribution is 2.16. The van der Waals surface area contributed by atoms with E-state index in [-0.39, 0.29) is 5.78 Å². The monoisotopic (exact) mass is 278 g/mol. The number of methoxy groups -OCH3 is 1. The Labute approximate surface area is 122 Å². The van der Waals surface area contributed by atoms with Crippen molar-refractivity contribution in [1.82, 2.24) is 9.78 Å². The van der Waals surface area contributed by atoms with Crippen LogP contribution in [-0.2, 0) is 0 Å². The maximum atomic E-state index is 12.4. The summed E-state index contributed by atoms with van der Waals surface area (Å²) in [7, 11) is 1.60. The lowest BCUT2D eigenvalue weighted by Crippen LogP contribution is -2.00. The molecule has 1 aromatic heterocycles. The summed E-state index contributed by atoms with van der Waals surface area (Å²) in [6, 6.07) is 16.7. The van der Waals surface area contributed by atoms with Crippen LogP contribution < -0.4 is 4.74 Å². The first-order valence-corrected chi connectivity index (χ1v) is 6.57. The zero-order valence-electron chi connectivity index (χ0n) is 11.6. The Hall–Kier alpha value is -2.88. The Morgan fingerprint density at radius 2 is 1.71 bits per heavy atom. The number of benzene rings is 2. The van der Waals surface area contributed by atoms with Crippen molar-refractivity contribution < 1.29 is 9.53 Å². The lowest BCUT2D eigenvalue weighted by Gasteiger charge is -2.01. The minimum absolute atomic E-state index is 0.0557. The molecule has 3 rings (SSSR count). The summed E-state index contributed by atoms with van der Waals surface area (Å²) >= 11 is 0. The summed E-state index contributed by atoms with van der Waals surface area (Å²) < 4.78 is 6.78. The second-order valence-electron chi connectivity index (χ2n) is 4.57. The Morgan fingerprint density at radius 1 is 1.00 bits per heavy atom. The quantitative estimate of drug-likeness (QED) is 0.689. The van der Waals surface area contributed by atoms with Gasteiger partial charge in [0.1, 0.15) is 5.75 Å². The van der Waals surface area contributed by atoms with Crippen LogP contribution >= 0.6 is 0 Å². The van der Waals surface area contributed by atoms with E-state index in [1.165, 1.54) is 0 Å². The highest BCUT2D eigenvalue weighted by molar-refractivity contribution is 6.08. The molecule has 0 saturated carbocycles. The van der Waals surface area contributed by atoms with Crippen LogP contribution in [0.3, 0.4) is 0 Å². The lowest BCUT2D eigenvalue weighted by molar-refractivity contribution is 0.103. The van der Waals surface area contributed by atoms with Crippen LogP contribution in [0.15, 0.2) is 67.0 Å². The van der Waals surface area contributed by atoms with Crippen LogP contribution in [-0.4, -0.2) is 22.7 Å². The molecule has 0 unspecified atom stereocenters. The summed E-state index contributed by atoms with van der Waals surface area (Å²) in [6.45, 7) is 0. The number of rotatable bonds is 4. The van der Waals surface area contributed by atoms with E-state index in [4.69, 9.17) is 4.74 Å². The van der Waals surface area contributed by atoms with Gasteiger partial charge in [-0.2, -0.15) is 5.10 Å². The molecule has 0 radical (unpaired) electrons. The van der Waals surface area contributed by atoms with Gasteiger partial charge in [0, 0.05) is 11.8 Å². The Kier molecular flexibility index (Phi) is 3.51. The van der Waals surface area contributed by atoms with Crippen molar-refractivity contribution in [2.45, 2.75) is 0 Å². The van der Waals surface area contributed by atoms with Crippen LogP contribution in [0.5, 0.6) is 5.75 Å². The highest BCUT2D eigenvalue weighted by atomic mass is 16.5. The first kappa shape index (κ1) is 13.1. The van der Waals surface area contributed by atoms with E-state index in [0.717, 1.165) is 11.4 Å². The summed E-state index contributed by atoms with van der Waals surface area (Å²) in [5.41, 5.74) is 2.10. The molecule has 0 aliphatic heterocycles. The number of hydrogen-bond acceptors (Lipinski definition) is 3. The van der Waals surface area contributed by atoms with Crippen molar-refractivity contribution in [3.05, 3.63) is 78.1 Å². The summed E-state index contributed by atoms with van der Waals surface area (Å²) in [6.07, 6.45) is 3.32. The van der Waals surface area contributed by atoms with Gasteiger partial charge in [-0.25, -0.2) is 4.68 Å². The predicted molar refractivity (Wildman–Crippen MR) is 80.0 cm³/mol. The van der Waals surface area contributed by atoms with Gasteiger partial charge in [-0.05, 0) is 36.4 Å². The Morgan fingerprint density at radius 3 is 2.38 bits per heavy atom. The largest absolute Gasteiger partial charge is 0.497 e. The minimum atomic E-state index is -0.0557. The fourth-order valence-electron chi connectivity index (χ4n) is 2.07. The number of hydrogen-bond donors (Lipinski definition) is 0. The molecule has 0 aliphatic rings. The molecule has 3 aromatic rings. The maximum absolute atomic E-state index is 12.4. The van der Waals surface area contributed by atoms with Crippen molar-refractivity contribution in [1.29, 1.82) is 0 Å². The van der Waals surface area contributed by atoms with Crippen molar-refractivity contribution in [3.63, 3.8) is 0 Å². The standard InChI is InChI=1S/C17H14N2O2/c1-21-16-9-7-13(8-10-16)17(20)14-11-18-19(12-14)15-5-3-2-4-6-15/h2-12H,1H3. The van der Waals surface area contributed by atoms with Gasteiger partial charge in [-0.3, -0.25) is 4.79 Å². The van der Waals surface area contributed by atoms with Gasteiger partial charge in [0.05, 0.1) is 24.6 Å². The molecule has 2 aromatic carbocycles. The molecule has 1 heterocycles. The van der Waals surface area contributed by atoms with Gasteiger partial charge >= 0.3 is 0 Å². The third-order valence-corrected chi connectivity index (χ3v) is 3.22. The van der Waals surface area contributed by atoms with Crippen LogP contribution in [0.4, 0.5) is 0 Å². The zero-order valence-corrected chi connectivity index (χ0v) is 11.6. The normalized spacial score (nSPS) is 10.3. The number of para-hydroxylation sites is 1. The number of nitrogens with zero attached hydrogens (tertiary/aromatic N) is 2. The van der Waals surface area contributed by atoms with E-state index in [9.17, 15) is 4.79 Å². The highest BCUT2D eigenvalue weighted by Gasteiger charge is 2.12. The number of ketones is 1. The molecule has 0 aliphatic carbocycles. The summed E-state index contributed by atoms with van der Waals surface area (Å²) in [5, 5.41) is 4.24. The van der Waals surface area contributed by atoms with Crippen LogP contribution in [0.25, 0.3) is 5.69 Å². The molecule has 104 valence electrons. The van der Waals surface area contributed by atoms with Crippen molar-refractivity contribution in [2.75, 3.05) is 7.11 Å². The fourth-order valence-corrected chi connectivity index (χ4v) is 2.07. The van der Waals surface area contributed by atoms with Gasteiger partial charge in [-0.1, -0.05) is 18.2 Å². The Bertz CT molecular complexity index is 746. The third kappa shape index (κ3) is 2.69. The van der Waals surface area contributed by atoms with Gasteiger partial charge in [0.25, 0.3) is 0 Å². The molecular formula is C17H14N2O2. The SMILES string of the molecule is COc1ccc(C(=O)c2cnn(-c3ccccc3)c2)cc1. The second kappa shape index (κ2) is 5.63. The van der Waals surface area contributed by atoms with Crippen LogP contribution in [0.2, 0.25) is 0 Å². The molecule has 0 fully saturated rings. The number of carbonyl (C=O) groups is 1. The number of ether oxygens (including phenoxy) is 1. The zero-order chi connectivity index (χ0) is 14.7. The maximum Gasteiger partial charge on any atom is 0.196 e. The second-order valence-corrected chi connectivity index (χ2v) is 4.57. The number of carbonyl (C=O) groups excluding carboxylic acids is 1. The lowest BCUT2D eigenvalue weighted by atomic mass is 10.1. The molecule has 4 heteroatoms. The van der Waals surface area contributed by atoms with Crippen molar-refractivity contribution >= 4 is 5.78 Å². The molecular weight excluding hydrogens is 264 g/mol. The molecule has 0 N–H and O–H groups in total. The van der Waals surface area contributed by atoms with Crippen LogP contribution in [0.1, 0.15) is 15.9 Å². The first-order valence-electron chi connectivity index (χ1n) is 6.57. The fraction of sp³-hybridized carbons (Fsp3) is 0.0588. The first-order chi connectivity index (χ1) is 10.3. The topological polar surface area (TPSA) is 44.1 Å². The Balaban J connectivity index is 1.87. The predicted octanol–water partition coefficient (Wildman–Crippen LogP) is 3.11. The van der Waals surface area contributed by atoms with E-state index >= 15 is 0 Å². The third-order valence-electron chi connectivity index (χ3n) is 3.22. The molecule has 21 heavy (non-hydrogen) atoms. The van der Waals surface area contributed by atoms with Gasteiger partial charge in [-0.15, -0.1) is 0 Å². The molecule has 0 atom stereocenters. The van der Waals surface area contributed by atoms with E-state index in [0.29, 0.717) is 11.1 Å². The molecule has 0 spiro atoms. The average Bonchev–Trinajstić information content (AvgIpc) is 3.05. The molecule has 0 saturated heterocycles. The average molecular weight is 278 g/mol. The van der Waals surface area contributed by atoms with E-state index in [2.05, 4.69) is 5.10 Å². The van der Waals surface area contributed by atoms with E-state index < -0.39 is 0 Å². The molecule has 0 bridgehead atoms. The minimum Gasteiger partial charge on any atom is -0.497 e. The van der Waals surface area contributed by atoms with Crippen molar-refractivity contribution in [3.8, 4) is 11.4 Å². The summed E-state index contributed by atoms with van der Waals surface area (Å²) in [4.78, 5) is 12.4. The smallest absolute Gasteiger partial charge is 0.196 e.